The molecular formula is C14H22N2O4S. The van der Waals surface area contributed by atoms with Crippen LogP contribution in [0.5, 0.6) is 0 Å². The Morgan fingerprint density at radius 1 is 1.24 bits per heavy atom. The van der Waals surface area contributed by atoms with Crippen molar-refractivity contribution in [2.24, 2.45) is 0 Å². The van der Waals surface area contributed by atoms with Gasteiger partial charge in [0.2, 0.25) is 0 Å². The highest BCUT2D eigenvalue weighted by Gasteiger charge is 2.15. The summed E-state index contributed by atoms with van der Waals surface area (Å²) in [5.74, 6) is 0. The molecule has 1 heterocycles. The molecule has 0 aliphatic carbocycles. The smallest absolute Gasteiger partial charge is 0.262 e. The SMILES string of the molecule is Cc1ccc(S(=O)(=O)NOCCN2CCOCC2)cc1C. The van der Waals surface area contributed by atoms with E-state index in [1.54, 1.807) is 18.2 Å². The molecule has 21 heavy (non-hydrogen) atoms. The van der Waals surface area contributed by atoms with Crippen molar-refractivity contribution in [1.82, 2.24) is 9.79 Å². The molecule has 1 aliphatic rings. The minimum atomic E-state index is -3.62. The molecule has 118 valence electrons. The van der Waals surface area contributed by atoms with Gasteiger partial charge in [0.1, 0.15) is 0 Å². The fraction of sp³-hybridized carbons (Fsp3) is 0.571. The van der Waals surface area contributed by atoms with Crippen LogP contribution in [-0.4, -0.2) is 52.8 Å². The van der Waals surface area contributed by atoms with Crippen LogP contribution in [0.3, 0.4) is 0 Å². The van der Waals surface area contributed by atoms with Gasteiger partial charge in [-0.05, 0) is 37.1 Å². The van der Waals surface area contributed by atoms with Crippen LogP contribution in [0, 0.1) is 13.8 Å². The Labute approximate surface area is 126 Å². The Hall–Kier alpha value is -0.990. The lowest BCUT2D eigenvalue weighted by Gasteiger charge is -2.26. The molecule has 2 rings (SSSR count). The maximum Gasteiger partial charge on any atom is 0.262 e. The first-order valence-electron chi connectivity index (χ1n) is 7.00. The third-order valence-electron chi connectivity index (χ3n) is 3.57. The summed E-state index contributed by atoms with van der Waals surface area (Å²) in [7, 11) is -3.62. The van der Waals surface area contributed by atoms with Crippen molar-refractivity contribution >= 4 is 10.0 Å². The topological polar surface area (TPSA) is 67.9 Å². The van der Waals surface area contributed by atoms with Gasteiger partial charge in [0.05, 0.1) is 24.7 Å². The van der Waals surface area contributed by atoms with Gasteiger partial charge in [0.25, 0.3) is 10.0 Å². The fourth-order valence-corrected chi connectivity index (χ4v) is 2.96. The molecule has 0 spiro atoms. The van der Waals surface area contributed by atoms with E-state index in [2.05, 4.69) is 9.79 Å². The van der Waals surface area contributed by atoms with E-state index in [4.69, 9.17) is 9.57 Å². The van der Waals surface area contributed by atoms with Gasteiger partial charge in [0, 0.05) is 19.6 Å². The van der Waals surface area contributed by atoms with Crippen LogP contribution < -0.4 is 4.89 Å². The zero-order valence-corrected chi connectivity index (χ0v) is 13.3. The molecule has 0 amide bonds. The Morgan fingerprint density at radius 3 is 2.62 bits per heavy atom. The van der Waals surface area contributed by atoms with Crippen LogP contribution in [-0.2, 0) is 19.6 Å². The lowest BCUT2D eigenvalue weighted by molar-refractivity contribution is 0.0125. The Kier molecular flexibility index (Phi) is 5.72. The zero-order valence-electron chi connectivity index (χ0n) is 12.5. The Balaban J connectivity index is 1.82. The van der Waals surface area contributed by atoms with Crippen molar-refractivity contribution in [3.63, 3.8) is 0 Å². The highest BCUT2D eigenvalue weighted by Crippen LogP contribution is 2.14. The predicted octanol–water partition coefficient (Wildman–Crippen LogP) is 0.846. The number of benzene rings is 1. The minimum Gasteiger partial charge on any atom is -0.379 e. The van der Waals surface area contributed by atoms with E-state index in [9.17, 15) is 8.42 Å². The standard InChI is InChI=1S/C14H22N2O4S/c1-12-3-4-14(11-13(12)2)21(17,18)15-20-10-7-16-5-8-19-9-6-16/h3-4,11,15H,5-10H2,1-2H3. The normalized spacial score (nSPS) is 17.0. The maximum absolute atomic E-state index is 12.1. The number of ether oxygens (including phenoxy) is 1. The maximum atomic E-state index is 12.1. The van der Waals surface area contributed by atoms with Gasteiger partial charge in [0.15, 0.2) is 0 Å². The molecule has 1 saturated heterocycles. The van der Waals surface area contributed by atoms with Gasteiger partial charge < -0.3 is 4.74 Å². The van der Waals surface area contributed by atoms with Crippen molar-refractivity contribution in [2.45, 2.75) is 18.7 Å². The van der Waals surface area contributed by atoms with Crippen LogP contribution in [0.1, 0.15) is 11.1 Å². The summed E-state index contributed by atoms with van der Waals surface area (Å²) >= 11 is 0. The van der Waals surface area contributed by atoms with Crippen molar-refractivity contribution in [3.8, 4) is 0 Å². The molecule has 1 aromatic carbocycles. The molecule has 1 N–H and O–H groups in total. The second-order valence-electron chi connectivity index (χ2n) is 5.14. The molecule has 1 aromatic rings. The quantitative estimate of drug-likeness (QED) is 0.623. The molecule has 7 heteroatoms. The average molecular weight is 314 g/mol. The van der Waals surface area contributed by atoms with Crippen molar-refractivity contribution in [3.05, 3.63) is 29.3 Å². The monoisotopic (exact) mass is 314 g/mol. The second kappa shape index (κ2) is 7.33. The van der Waals surface area contributed by atoms with Crippen molar-refractivity contribution < 1.29 is 18.0 Å². The van der Waals surface area contributed by atoms with E-state index >= 15 is 0 Å². The van der Waals surface area contributed by atoms with Crippen molar-refractivity contribution in [1.29, 1.82) is 0 Å². The summed E-state index contributed by atoms with van der Waals surface area (Å²) < 4.78 is 29.4. The zero-order chi connectivity index (χ0) is 15.3. The number of morpholine rings is 1. The number of hydrogen-bond acceptors (Lipinski definition) is 5. The molecule has 6 nitrogen and oxygen atoms in total. The third kappa shape index (κ3) is 4.76. The Morgan fingerprint density at radius 2 is 1.95 bits per heavy atom. The number of aryl methyl sites for hydroxylation is 2. The van der Waals surface area contributed by atoms with Crippen LogP contribution in [0.15, 0.2) is 23.1 Å². The van der Waals surface area contributed by atoms with E-state index in [1.165, 1.54) is 0 Å². The van der Waals surface area contributed by atoms with Gasteiger partial charge in [-0.2, -0.15) is 0 Å². The number of nitrogens with one attached hydrogen (secondary N) is 1. The first kappa shape index (κ1) is 16.4. The first-order valence-corrected chi connectivity index (χ1v) is 8.48. The lowest BCUT2D eigenvalue weighted by Crippen LogP contribution is -2.39. The summed E-state index contributed by atoms with van der Waals surface area (Å²) in [6, 6.07) is 5.01. The van der Waals surface area contributed by atoms with Gasteiger partial charge in [-0.3, -0.25) is 9.74 Å². The predicted molar refractivity (Wildman–Crippen MR) is 79.4 cm³/mol. The minimum absolute atomic E-state index is 0.219. The molecule has 0 saturated carbocycles. The summed E-state index contributed by atoms with van der Waals surface area (Å²) in [5, 5.41) is 0. The molecule has 1 aliphatic heterocycles. The lowest BCUT2D eigenvalue weighted by atomic mass is 10.1. The van der Waals surface area contributed by atoms with Crippen molar-refractivity contribution in [2.75, 3.05) is 39.5 Å². The number of rotatable bonds is 6. The van der Waals surface area contributed by atoms with Crippen LogP contribution >= 0.6 is 0 Å². The second-order valence-corrected chi connectivity index (χ2v) is 6.78. The fourth-order valence-electron chi connectivity index (χ4n) is 2.05. The highest BCUT2D eigenvalue weighted by atomic mass is 32.2. The largest absolute Gasteiger partial charge is 0.379 e. The average Bonchev–Trinajstić information content (AvgIpc) is 2.47. The molecule has 0 aromatic heterocycles. The van der Waals surface area contributed by atoms with Crippen LogP contribution in [0.25, 0.3) is 0 Å². The van der Waals surface area contributed by atoms with Crippen LogP contribution in [0.2, 0.25) is 0 Å². The van der Waals surface area contributed by atoms with E-state index in [0.717, 1.165) is 24.2 Å². The third-order valence-corrected chi connectivity index (χ3v) is 4.78. The highest BCUT2D eigenvalue weighted by molar-refractivity contribution is 7.89. The van der Waals surface area contributed by atoms with E-state index in [-0.39, 0.29) is 4.90 Å². The van der Waals surface area contributed by atoms with E-state index in [1.807, 2.05) is 13.8 Å². The molecule has 0 atom stereocenters. The molecule has 0 unspecified atom stereocenters. The molecule has 1 fully saturated rings. The Bertz CT molecular complexity index is 568. The molecule has 0 bridgehead atoms. The van der Waals surface area contributed by atoms with Crippen LogP contribution in [0.4, 0.5) is 0 Å². The van der Waals surface area contributed by atoms with Gasteiger partial charge >= 0.3 is 0 Å². The molecular weight excluding hydrogens is 292 g/mol. The van der Waals surface area contributed by atoms with Gasteiger partial charge in [-0.15, -0.1) is 0 Å². The number of hydrogen-bond donors (Lipinski definition) is 1. The first-order chi connectivity index (χ1) is 9.99. The summed E-state index contributed by atoms with van der Waals surface area (Å²) in [6.45, 7) is 7.96. The van der Waals surface area contributed by atoms with E-state index < -0.39 is 10.0 Å². The number of nitrogens with zero attached hydrogens (tertiary/aromatic N) is 1. The number of sulfonamides is 1. The summed E-state index contributed by atoms with van der Waals surface area (Å²) in [5.41, 5.74) is 1.99. The van der Waals surface area contributed by atoms with Gasteiger partial charge in [-0.25, -0.2) is 8.42 Å². The van der Waals surface area contributed by atoms with E-state index in [0.29, 0.717) is 26.4 Å². The summed E-state index contributed by atoms with van der Waals surface area (Å²) in [4.78, 5) is 9.67. The molecule has 0 radical (unpaired) electrons. The van der Waals surface area contributed by atoms with Gasteiger partial charge in [-0.1, -0.05) is 11.0 Å². The summed E-state index contributed by atoms with van der Waals surface area (Å²) in [6.07, 6.45) is 0.